The van der Waals surface area contributed by atoms with E-state index in [-0.39, 0.29) is 5.60 Å². The van der Waals surface area contributed by atoms with Gasteiger partial charge >= 0.3 is 0 Å². The van der Waals surface area contributed by atoms with Gasteiger partial charge in [0.25, 0.3) is 0 Å². The number of hydrogen-bond acceptors (Lipinski definition) is 1. The zero-order chi connectivity index (χ0) is 8.04. The van der Waals surface area contributed by atoms with Crippen molar-refractivity contribution in [3.05, 3.63) is 0 Å². The van der Waals surface area contributed by atoms with Crippen molar-refractivity contribution in [1.29, 1.82) is 0 Å². The van der Waals surface area contributed by atoms with Crippen molar-refractivity contribution in [3.8, 4) is 0 Å². The average Bonchev–Trinajstić information content (AvgIpc) is 1.89. The molecule has 62 valence electrons. The Kier molecular flexibility index (Phi) is 4.71. The molecule has 0 aromatic carbocycles. The highest BCUT2D eigenvalue weighted by atomic mass is 16.3. The van der Waals surface area contributed by atoms with E-state index in [9.17, 15) is 5.11 Å². The molecule has 1 nitrogen and oxygen atoms in total. The van der Waals surface area contributed by atoms with E-state index in [4.69, 9.17) is 0 Å². The lowest BCUT2D eigenvalue weighted by Crippen LogP contribution is -2.26. The molecule has 1 N–H and O–H groups in total. The molecule has 0 aromatic rings. The van der Waals surface area contributed by atoms with Crippen LogP contribution < -0.4 is 0 Å². The molecule has 0 rings (SSSR count). The van der Waals surface area contributed by atoms with E-state index in [0.717, 1.165) is 32.1 Å². The molecular formula is C9H20O. The van der Waals surface area contributed by atoms with Crippen molar-refractivity contribution < 1.29 is 5.11 Å². The van der Waals surface area contributed by atoms with E-state index in [1.165, 1.54) is 0 Å². The third kappa shape index (κ3) is 3.21. The van der Waals surface area contributed by atoms with Crippen LogP contribution in [0.4, 0.5) is 0 Å². The standard InChI is InChI=1S/C9H20O/c1-4-7-9(10,6-3)8-5-2/h10H,4-8H2,1-3H3. The Morgan fingerprint density at radius 2 is 1.40 bits per heavy atom. The molecule has 0 spiro atoms. The Balaban J connectivity index is 3.69. The van der Waals surface area contributed by atoms with Crippen LogP contribution in [0.5, 0.6) is 0 Å². The molecule has 0 saturated heterocycles. The second kappa shape index (κ2) is 4.73. The van der Waals surface area contributed by atoms with Crippen LogP contribution in [0.1, 0.15) is 52.9 Å². The fourth-order valence-corrected chi connectivity index (χ4v) is 1.41. The molecule has 0 amide bonds. The average molecular weight is 144 g/mol. The minimum atomic E-state index is -0.358. The van der Waals surface area contributed by atoms with Gasteiger partial charge in [-0.3, -0.25) is 0 Å². The van der Waals surface area contributed by atoms with Gasteiger partial charge in [-0.2, -0.15) is 0 Å². The van der Waals surface area contributed by atoms with Crippen LogP contribution in [0.15, 0.2) is 0 Å². The monoisotopic (exact) mass is 144 g/mol. The molecular weight excluding hydrogens is 124 g/mol. The summed E-state index contributed by atoms with van der Waals surface area (Å²) in [5.41, 5.74) is -0.358. The molecule has 0 radical (unpaired) electrons. The summed E-state index contributed by atoms with van der Waals surface area (Å²) in [5, 5.41) is 9.82. The van der Waals surface area contributed by atoms with Gasteiger partial charge < -0.3 is 5.11 Å². The van der Waals surface area contributed by atoms with Crippen molar-refractivity contribution >= 4 is 0 Å². The van der Waals surface area contributed by atoms with Gasteiger partial charge in [0.1, 0.15) is 0 Å². The largest absolute Gasteiger partial charge is 0.390 e. The van der Waals surface area contributed by atoms with Crippen LogP contribution in [-0.4, -0.2) is 10.7 Å². The highest BCUT2D eigenvalue weighted by molar-refractivity contribution is 4.74. The molecule has 0 aliphatic heterocycles. The predicted octanol–water partition coefficient (Wildman–Crippen LogP) is 2.73. The minimum Gasteiger partial charge on any atom is -0.390 e. The van der Waals surface area contributed by atoms with E-state index < -0.39 is 0 Å². The Bertz CT molecular complexity index is 72.8. The highest BCUT2D eigenvalue weighted by Gasteiger charge is 2.21. The lowest BCUT2D eigenvalue weighted by atomic mass is 9.90. The first kappa shape index (κ1) is 9.96. The summed E-state index contributed by atoms with van der Waals surface area (Å²) >= 11 is 0. The van der Waals surface area contributed by atoms with Crippen LogP contribution in [-0.2, 0) is 0 Å². The van der Waals surface area contributed by atoms with Crippen molar-refractivity contribution in [1.82, 2.24) is 0 Å². The third-order valence-electron chi connectivity index (χ3n) is 2.09. The minimum absolute atomic E-state index is 0.358. The number of hydrogen-bond donors (Lipinski definition) is 1. The van der Waals surface area contributed by atoms with Gasteiger partial charge in [-0.25, -0.2) is 0 Å². The second-order valence-electron chi connectivity index (χ2n) is 3.08. The molecule has 0 aliphatic rings. The van der Waals surface area contributed by atoms with Crippen molar-refractivity contribution in [2.45, 2.75) is 58.5 Å². The molecule has 0 aromatic heterocycles. The maximum absolute atomic E-state index is 9.82. The Labute approximate surface area is 64.5 Å². The first-order valence-electron chi connectivity index (χ1n) is 4.41. The molecule has 0 bridgehead atoms. The van der Waals surface area contributed by atoms with E-state index in [2.05, 4.69) is 20.8 Å². The maximum Gasteiger partial charge on any atom is 0.0645 e. The van der Waals surface area contributed by atoms with Gasteiger partial charge in [0.15, 0.2) is 0 Å². The summed E-state index contributed by atoms with van der Waals surface area (Å²) in [6.07, 6.45) is 4.98. The Hall–Kier alpha value is -0.0400. The predicted molar refractivity (Wildman–Crippen MR) is 45.1 cm³/mol. The molecule has 0 aliphatic carbocycles. The zero-order valence-electron chi connectivity index (χ0n) is 7.48. The van der Waals surface area contributed by atoms with Gasteiger partial charge in [-0.05, 0) is 19.3 Å². The smallest absolute Gasteiger partial charge is 0.0645 e. The number of aliphatic hydroxyl groups is 1. The van der Waals surface area contributed by atoms with E-state index >= 15 is 0 Å². The summed E-state index contributed by atoms with van der Waals surface area (Å²) in [5.74, 6) is 0. The molecule has 0 unspecified atom stereocenters. The van der Waals surface area contributed by atoms with Gasteiger partial charge in [0.05, 0.1) is 5.60 Å². The second-order valence-corrected chi connectivity index (χ2v) is 3.08. The molecule has 0 atom stereocenters. The zero-order valence-corrected chi connectivity index (χ0v) is 7.48. The summed E-state index contributed by atoms with van der Waals surface area (Å²) in [6.45, 7) is 6.30. The SMILES string of the molecule is CCCC(O)(CC)CCC. The maximum atomic E-state index is 9.82. The summed E-state index contributed by atoms with van der Waals surface area (Å²) in [4.78, 5) is 0. The molecule has 0 heterocycles. The molecule has 0 fully saturated rings. The van der Waals surface area contributed by atoms with Crippen LogP contribution in [0.3, 0.4) is 0 Å². The van der Waals surface area contributed by atoms with E-state index in [0.29, 0.717) is 0 Å². The first-order valence-corrected chi connectivity index (χ1v) is 4.41. The molecule has 10 heavy (non-hydrogen) atoms. The lowest BCUT2D eigenvalue weighted by Gasteiger charge is -2.25. The van der Waals surface area contributed by atoms with E-state index in [1.807, 2.05) is 0 Å². The van der Waals surface area contributed by atoms with Crippen LogP contribution in [0.2, 0.25) is 0 Å². The fraction of sp³-hybridized carbons (Fsp3) is 1.00. The number of rotatable bonds is 5. The molecule has 0 saturated carbocycles. The summed E-state index contributed by atoms with van der Waals surface area (Å²) < 4.78 is 0. The van der Waals surface area contributed by atoms with Gasteiger partial charge in [-0.15, -0.1) is 0 Å². The van der Waals surface area contributed by atoms with Crippen molar-refractivity contribution in [3.63, 3.8) is 0 Å². The van der Waals surface area contributed by atoms with Crippen LogP contribution in [0.25, 0.3) is 0 Å². The van der Waals surface area contributed by atoms with Gasteiger partial charge in [0, 0.05) is 0 Å². The quantitative estimate of drug-likeness (QED) is 0.629. The van der Waals surface area contributed by atoms with E-state index in [1.54, 1.807) is 0 Å². The van der Waals surface area contributed by atoms with Crippen LogP contribution in [0, 0.1) is 0 Å². The first-order chi connectivity index (χ1) is 4.68. The van der Waals surface area contributed by atoms with Crippen molar-refractivity contribution in [2.24, 2.45) is 0 Å². The summed E-state index contributed by atoms with van der Waals surface area (Å²) in [6, 6.07) is 0. The topological polar surface area (TPSA) is 20.2 Å². The summed E-state index contributed by atoms with van der Waals surface area (Å²) in [7, 11) is 0. The normalized spacial score (nSPS) is 12.0. The fourth-order valence-electron chi connectivity index (χ4n) is 1.41. The van der Waals surface area contributed by atoms with Gasteiger partial charge in [0.2, 0.25) is 0 Å². The Morgan fingerprint density at radius 3 is 1.60 bits per heavy atom. The van der Waals surface area contributed by atoms with Crippen molar-refractivity contribution in [2.75, 3.05) is 0 Å². The molecule has 1 heteroatoms. The van der Waals surface area contributed by atoms with Gasteiger partial charge in [-0.1, -0.05) is 33.6 Å². The highest BCUT2D eigenvalue weighted by Crippen LogP contribution is 2.22. The third-order valence-corrected chi connectivity index (χ3v) is 2.09. The lowest BCUT2D eigenvalue weighted by molar-refractivity contribution is 0.0176. The Morgan fingerprint density at radius 1 is 1.00 bits per heavy atom. The van der Waals surface area contributed by atoms with Crippen LogP contribution >= 0.6 is 0 Å².